The molecule has 0 spiro atoms. The van der Waals surface area contributed by atoms with E-state index in [1.807, 2.05) is 6.20 Å². The second-order valence-corrected chi connectivity index (χ2v) is 7.90. The minimum Gasteiger partial charge on any atom is -0.369 e. The van der Waals surface area contributed by atoms with E-state index in [4.69, 9.17) is 0 Å². The van der Waals surface area contributed by atoms with Gasteiger partial charge >= 0.3 is 0 Å². The SMILES string of the molecule is c1nc2c(Nc3ccc(N4CCN(C5CC5)CC4)cc3)ncc(-c3cn[nH]c3)n2n1. The Hall–Kier alpha value is -3.46. The number of hydrogen-bond donors (Lipinski definition) is 2. The third-order valence-corrected chi connectivity index (χ3v) is 5.97. The van der Waals surface area contributed by atoms with Crippen LogP contribution in [0.25, 0.3) is 16.9 Å². The predicted octanol–water partition coefficient (Wildman–Crippen LogP) is 2.54. The number of rotatable bonds is 5. The molecule has 2 aliphatic rings. The van der Waals surface area contributed by atoms with Crippen molar-refractivity contribution in [2.24, 2.45) is 0 Å². The van der Waals surface area contributed by atoms with Gasteiger partial charge in [-0.1, -0.05) is 0 Å². The lowest BCUT2D eigenvalue weighted by Gasteiger charge is -2.36. The van der Waals surface area contributed by atoms with Crippen molar-refractivity contribution in [1.29, 1.82) is 0 Å². The minimum absolute atomic E-state index is 0.672. The Morgan fingerprint density at radius 3 is 2.53 bits per heavy atom. The van der Waals surface area contributed by atoms with Crippen LogP contribution >= 0.6 is 0 Å². The molecule has 0 bridgehead atoms. The molecule has 1 aromatic carbocycles. The van der Waals surface area contributed by atoms with Crippen LogP contribution in [0.3, 0.4) is 0 Å². The van der Waals surface area contributed by atoms with Crippen LogP contribution in [0.4, 0.5) is 17.2 Å². The van der Waals surface area contributed by atoms with Crippen LogP contribution in [-0.4, -0.2) is 66.9 Å². The summed E-state index contributed by atoms with van der Waals surface area (Å²) in [5.41, 5.74) is 4.67. The van der Waals surface area contributed by atoms with E-state index in [1.165, 1.54) is 37.9 Å². The van der Waals surface area contributed by atoms with Gasteiger partial charge in [-0.15, -0.1) is 0 Å². The Morgan fingerprint density at radius 1 is 0.967 bits per heavy atom. The Balaban J connectivity index is 1.19. The Kier molecular flexibility index (Phi) is 4.12. The van der Waals surface area contributed by atoms with Crippen LogP contribution in [0.1, 0.15) is 12.8 Å². The number of hydrogen-bond acceptors (Lipinski definition) is 7. The third-order valence-electron chi connectivity index (χ3n) is 5.97. The largest absolute Gasteiger partial charge is 0.369 e. The fourth-order valence-electron chi connectivity index (χ4n) is 4.17. The molecule has 4 heterocycles. The van der Waals surface area contributed by atoms with E-state index in [1.54, 1.807) is 16.9 Å². The first-order chi connectivity index (χ1) is 14.8. The lowest BCUT2D eigenvalue weighted by Crippen LogP contribution is -2.47. The summed E-state index contributed by atoms with van der Waals surface area (Å²) < 4.78 is 1.77. The third kappa shape index (κ3) is 3.17. The highest BCUT2D eigenvalue weighted by atomic mass is 15.3. The van der Waals surface area contributed by atoms with Crippen molar-refractivity contribution in [3.63, 3.8) is 0 Å². The fraction of sp³-hybridized carbons (Fsp3) is 0.333. The van der Waals surface area contributed by atoms with Crippen molar-refractivity contribution in [2.45, 2.75) is 18.9 Å². The summed E-state index contributed by atoms with van der Waals surface area (Å²) >= 11 is 0. The number of benzene rings is 1. The monoisotopic (exact) mass is 401 g/mol. The molecular formula is C21H23N9. The molecule has 1 saturated heterocycles. The summed E-state index contributed by atoms with van der Waals surface area (Å²) in [6.07, 6.45) is 9.65. The molecule has 4 aromatic rings. The van der Waals surface area contributed by atoms with Gasteiger partial charge in [-0.05, 0) is 37.1 Å². The Bertz CT molecular complexity index is 1140. The van der Waals surface area contributed by atoms with Crippen LogP contribution in [-0.2, 0) is 0 Å². The van der Waals surface area contributed by atoms with Crippen LogP contribution in [0.5, 0.6) is 0 Å². The van der Waals surface area contributed by atoms with E-state index >= 15 is 0 Å². The van der Waals surface area contributed by atoms with Crippen molar-refractivity contribution < 1.29 is 0 Å². The summed E-state index contributed by atoms with van der Waals surface area (Å²) in [6, 6.07) is 9.41. The van der Waals surface area contributed by atoms with Gasteiger partial charge in [0.25, 0.3) is 0 Å². The van der Waals surface area contributed by atoms with Gasteiger partial charge in [0.2, 0.25) is 0 Å². The first-order valence-electron chi connectivity index (χ1n) is 10.4. The molecule has 2 fully saturated rings. The molecule has 152 valence electrons. The van der Waals surface area contributed by atoms with Gasteiger partial charge in [0.05, 0.1) is 18.1 Å². The minimum atomic E-state index is 0.672. The van der Waals surface area contributed by atoms with Crippen LogP contribution in [0, 0.1) is 0 Å². The molecule has 1 aliphatic heterocycles. The number of fused-ring (bicyclic) bond motifs is 1. The highest BCUT2D eigenvalue weighted by Gasteiger charge is 2.31. The smallest absolute Gasteiger partial charge is 0.199 e. The van der Waals surface area contributed by atoms with E-state index in [0.717, 1.165) is 36.1 Å². The number of anilines is 3. The standard InChI is InChI=1S/C21H23N9/c1-3-17(28-7-9-29(10-8-28)18-5-6-18)4-2-16(1)27-20-21-23-14-26-30(21)19(13-22-20)15-11-24-25-12-15/h1-4,11-14,18H,5-10H2,(H,22,27)(H,24,25). The van der Waals surface area contributed by atoms with Gasteiger partial charge < -0.3 is 10.2 Å². The summed E-state index contributed by atoms with van der Waals surface area (Å²) in [5.74, 6) is 0.672. The van der Waals surface area contributed by atoms with Gasteiger partial charge in [0, 0.05) is 55.4 Å². The molecule has 9 nitrogen and oxygen atoms in total. The highest BCUT2D eigenvalue weighted by Crippen LogP contribution is 2.29. The molecule has 6 rings (SSSR count). The van der Waals surface area contributed by atoms with E-state index in [-0.39, 0.29) is 0 Å². The highest BCUT2D eigenvalue weighted by molar-refractivity contribution is 5.73. The average molecular weight is 401 g/mol. The van der Waals surface area contributed by atoms with Gasteiger partial charge in [-0.2, -0.15) is 10.2 Å². The molecule has 0 amide bonds. The van der Waals surface area contributed by atoms with Crippen molar-refractivity contribution in [3.05, 3.63) is 49.2 Å². The van der Waals surface area contributed by atoms with Crippen LogP contribution < -0.4 is 10.2 Å². The second-order valence-electron chi connectivity index (χ2n) is 7.90. The summed E-state index contributed by atoms with van der Waals surface area (Å²) in [6.45, 7) is 4.53. The Labute approximate surface area is 173 Å². The maximum atomic E-state index is 4.58. The Morgan fingerprint density at radius 2 is 1.80 bits per heavy atom. The number of H-pyrrole nitrogens is 1. The van der Waals surface area contributed by atoms with Crippen molar-refractivity contribution in [3.8, 4) is 11.3 Å². The predicted molar refractivity (Wildman–Crippen MR) is 115 cm³/mol. The molecule has 9 heteroatoms. The van der Waals surface area contributed by atoms with Crippen LogP contribution in [0.15, 0.2) is 49.2 Å². The van der Waals surface area contributed by atoms with Gasteiger partial charge in [0.15, 0.2) is 11.5 Å². The number of nitrogens with one attached hydrogen (secondary N) is 2. The maximum absolute atomic E-state index is 4.58. The van der Waals surface area contributed by atoms with E-state index in [9.17, 15) is 0 Å². The first-order valence-corrected chi connectivity index (χ1v) is 10.4. The second kappa shape index (κ2) is 7.10. The van der Waals surface area contributed by atoms with E-state index < -0.39 is 0 Å². The lowest BCUT2D eigenvalue weighted by molar-refractivity contribution is 0.248. The molecule has 0 radical (unpaired) electrons. The quantitative estimate of drug-likeness (QED) is 0.531. The van der Waals surface area contributed by atoms with Gasteiger partial charge in [0.1, 0.15) is 6.33 Å². The zero-order valence-electron chi connectivity index (χ0n) is 16.6. The van der Waals surface area contributed by atoms with Crippen LogP contribution in [0.2, 0.25) is 0 Å². The summed E-state index contributed by atoms with van der Waals surface area (Å²) in [7, 11) is 0. The zero-order chi connectivity index (χ0) is 19.9. The topological polar surface area (TPSA) is 90.3 Å². The number of aromatic nitrogens is 6. The first kappa shape index (κ1) is 17.4. The molecule has 1 aliphatic carbocycles. The molecule has 1 saturated carbocycles. The number of piperazine rings is 1. The molecule has 3 aromatic heterocycles. The normalized spacial score (nSPS) is 17.5. The molecular weight excluding hydrogens is 378 g/mol. The van der Waals surface area contributed by atoms with Gasteiger partial charge in [-0.3, -0.25) is 10.00 Å². The fourth-order valence-corrected chi connectivity index (χ4v) is 4.17. The maximum Gasteiger partial charge on any atom is 0.199 e. The van der Waals surface area contributed by atoms with Crippen molar-refractivity contribution in [1.82, 2.24) is 34.7 Å². The van der Waals surface area contributed by atoms with E-state index in [2.05, 4.69) is 64.6 Å². The number of aromatic amines is 1. The van der Waals surface area contributed by atoms with Crippen molar-refractivity contribution >= 4 is 22.8 Å². The average Bonchev–Trinajstić information content (AvgIpc) is 3.27. The molecule has 30 heavy (non-hydrogen) atoms. The summed E-state index contributed by atoms with van der Waals surface area (Å²) in [4.78, 5) is 14.1. The molecule has 0 atom stereocenters. The van der Waals surface area contributed by atoms with E-state index in [0.29, 0.717) is 11.5 Å². The lowest BCUT2D eigenvalue weighted by atomic mass is 10.2. The van der Waals surface area contributed by atoms with Crippen molar-refractivity contribution in [2.75, 3.05) is 36.4 Å². The number of nitrogens with zero attached hydrogens (tertiary/aromatic N) is 7. The molecule has 2 N–H and O–H groups in total. The van der Waals surface area contributed by atoms with Gasteiger partial charge in [-0.25, -0.2) is 14.5 Å². The summed E-state index contributed by atoms with van der Waals surface area (Å²) in [5, 5.41) is 14.6. The zero-order valence-corrected chi connectivity index (χ0v) is 16.6. The molecule has 0 unspecified atom stereocenters.